The Bertz CT molecular complexity index is 77.1. The summed E-state index contributed by atoms with van der Waals surface area (Å²) < 4.78 is 11.5. The quantitative estimate of drug-likeness (QED) is 0.540. The van der Waals surface area contributed by atoms with Gasteiger partial charge in [0.15, 0.2) is 6.29 Å². The molecule has 0 aromatic heterocycles. The monoisotopic (exact) mass is 242 g/mol. The summed E-state index contributed by atoms with van der Waals surface area (Å²) in [6.07, 6.45) is 2.73. The highest BCUT2D eigenvalue weighted by atomic mass is 127. The molecule has 0 amide bonds. The number of methoxy groups -OCH3 is 1. The molecule has 1 aliphatic heterocycles. The summed E-state index contributed by atoms with van der Waals surface area (Å²) in [5.41, 5.74) is 0. The predicted molar refractivity (Wildman–Crippen MR) is 43.8 cm³/mol. The molecule has 0 radical (unpaired) electrons. The van der Waals surface area contributed by atoms with Crippen LogP contribution in [0.2, 0.25) is 0 Å². The van der Waals surface area contributed by atoms with Crippen LogP contribution in [0.15, 0.2) is 0 Å². The van der Waals surface area contributed by atoms with E-state index in [0.29, 0.717) is 6.10 Å². The van der Waals surface area contributed by atoms with E-state index in [1.807, 2.05) is 0 Å². The summed E-state index contributed by atoms with van der Waals surface area (Å²) in [7, 11) is 1.69. The second kappa shape index (κ2) is 3.73. The van der Waals surface area contributed by atoms with Gasteiger partial charge in [-0.25, -0.2) is 0 Å². The standard InChI is InChI=1S/C6H11IO2/c1-8-6-3-2-5(4-7)9-6/h5-6H,2-4H2,1H3/t5-,6?/m1/s1. The molecule has 0 bridgehead atoms. The highest BCUT2D eigenvalue weighted by Crippen LogP contribution is 2.20. The summed E-state index contributed by atoms with van der Waals surface area (Å²) in [4.78, 5) is 0. The number of halogens is 1. The third-order valence-corrected chi connectivity index (χ3v) is 2.49. The molecule has 3 heteroatoms. The minimum Gasteiger partial charge on any atom is -0.356 e. The fourth-order valence-corrected chi connectivity index (χ4v) is 1.61. The summed E-state index contributed by atoms with van der Waals surface area (Å²) >= 11 is 2.34. The van der Waals surface area contributed by atoms with Crippen molar-refractivity contribution in [2.24, 2.45) is 0 Å². The molecule has 0 aromatic rings. The summed E-state index contributed by atoms with van der Waals surface area (Å²) in [5, 5.41) is 0. The van der Waals surface area contributed by atoms with Crippen molar-refractivity contribution < 1.29 is 9.47 Å². The van der Waals surface area contributed by atoms with Gasteiger partial charge < -0.3 is 9.47 Å². The Morgan fingerprint density at radius 3 is 2.78 bits per heavy atom. The molecule has 0 aliphatic carbocycles. The molecule has 2 atom stereocenters. The van der Waals surface area contributed by atoms with Gasteiger partial charge in [-0.3, -0.25) is 0 Å². The minimum atomic E-state index is 0.0739. The molecule has 1 aliphatic rings. The number of hydrogen-bond acceptors (Lipinski definition) is 2. The topological polar surface area (TPSA) is 18.5 Å². The lowest BCUT2D eigenvalue weighted by Crippen LogP contribution is -2.12. The Kier molecular flexibility index (Phi) is 3.21. The van der Waals surface area contributed by atoms with Crippen molar-refractivity contribution in [3.63, 3.8) is 0 Å². The second-order valence-corrected chi connectivity index (χ2v) is 3.04. The average Bonchev–Trinajstić information content (AvgIpc) is 2.34. The van der Waals surface area contributed by atoms with E-state index in [1.54, 1.807) is 7.11 Å². The van der Waals surface area contributed by atoms with Crippen molar-refractivity contribution in [1.29, 1.82) is 0 Å². The molecular formula is C6H11IO2. The van der Waals surface area contributed by atoms with Crippen LogP contribution in [0.3, 0.4) is 0 Å². The molecule has 1 fully saturated rings. The van der Waals surface area contributed by atoms with Crippen molar-refractivity contribution >= 4 is 22.6 Å². The van der Waals surface area contributed by atoms with Gasteiger partial charge in [-0.05, 0) is 6.42 Å². The Morgan fingerprint density at radius 2 is 2.44 bits per heavy atom. The van der Waals surface area contributed by atoms with Gasteiger partial charge in [-0.1, -0.05) is 22.6 Å². The van der Waals surface area contributed by atoms with Crippen molar-refractivity contribution in [2.75, 3.05) is 11.5 Å². The zero-order chi connectivity index (χ0) is 6.69. The Morgan fingerprint density at radius 1 is 1.67 bits per heavy atom. The zero-order valence-electron chi connectivity index (χ0n) is 5.47. The first kappa shape index (κ1) is 7.75. The largest absolute Gasteiger partial charge is 0.356 e. The van der Waals surface area contributed by atoms with Gasteiger partial charge in [-0.2, -0.15) is 0 Å². The number of hydrogen-bond donors (Lipinski definition) is 0. The maximum Gasteiger partial charge on any atom is 0.157 e. The molecule has 0 N–H and O–H groups in total. The van der Waals surface area contributed by atoms with Crippen LogP contribution in [-0.4, -0.2) is 23.9 Å². The number of ether oxygens (including phenoxy) is 2. The lowest BCUT2D eigenvalue weighted by Gasteiger charge is -2.08. The van der Waals surface area contributed by atoms with Crippen LogP contribution in [0.25, 0.3) is 0 Å². The van der Waals surface area contributed by atoms with E-state index in [-0.39, 0.29) is 6.29 Å². The third-order valence-electron chi connectivity index (χ3n) is 1.50. The zero-order valence-corrected chi connectivity index (χ0v) is 7.63. The van der Waals surface area contributed by atoms with E-state index >= 15 is 0 Å². The van der Waals surface area contributed by atoms with Crippen LogP contribution in [0, 0.1) is 0 Å². The molecule has 54 valence electrons. The lowest BCUT2D eigenvalue weighted by molar-refractivity contribution is -0.108. The first-order chi connectivity index (χ1) is 4.36. The van der Waals surface area contributed by atoms with Crippen molar-refractivity contribution in [2.45, 2.75) is 25.2 Å². The van der Waals surface area contributed by atoms with Gasteiger partial charge in [0.1, 0.15) is 0 Å². The highest BCUT2D eigenvalue weighted by molar-refractivity contribution is 14.1. The molecule has 0 spiro atoms. The summed E-state index contributed by atoms with van der Waals surface area (Å²) in [6, 6.07) is 0. The second-order valence-electron chi connectivity index (χ2n) is 2.16. The SMILES string of the molecule is COC1CC[C@H](CI)O1. The van der Waals surface area contributed by atoms with Crippen molar-refractivity contribution in [3.8, 4) is 0 Å². The Labute approximate surface area is 69.0 Å². The fourth-order valence-electron chi connectivity index (χ4n) is 0.960. The third kappa shape index (κ3) is 2.05. The van der Waals surface area contributed by atoms with Crippen LogP contribution in [-0.2, 0) is 9.47 Å². The molecule has 0 aromatic carbocycles. The van der Waals surface area contributed by atoms with Crippen molar-refractivity contribution in [3.05, 3.63) is 0 Å². The predicted octanol–water partition coefficient (Wildman–Crippen LogP) is 1.57. The number of alkyl halides is 1. The first-order valence-electron chi connectivity index (χ1n) is 3.11. The van der Waals surface area contributed by atoms with Crippen molar-refractivity contribution in [1.82, 2.24) is 0 Å². The lowest BCUT2D eigenvalue weighted by atomic mass is 10.3. The van der Waals surface area contributed by atoms with E-state index in [9.17, 15) is 0 Å². The maximum atomic E-state index is 5.43. The minimum absolute atomic E-state index is 0.0739. The molecule has 2 nitrogen and oxygen atoms in total. The van der Waals surface area contributed by atoms with Gasteiger partial charge in [0.25, 0.3) is 0 Å². The molecule has 1 saturated heterocycles. The van der Waals surface area contributed by atoms with Crippen LogP contribution >= 0.6 is 22.6 Å². The molecule has 1 rings (SSSR count). The molecule has 9 heavy (non-hydrogen) atoms. The smallest absolute Gasteiger partial charge is 0.157 e. The van der Waals surface area contributed by atoms with Gasteiger partial charge >= 0.3 is 0 Å². The van der Waals surface area contributed by atoms with E-state index < -0.39 is 0 Å². The van der Waals surface area contributed by atoms with Gasteiger partial charge in [-0.15, -0.1) is 0 Å². The average molecular weight is 242 g/mol. The van der Waals surface area contributed by atoms with Crippen LogP contribution in [0.5, 0.6) is 0 Å². The van der Waals surface area contributed by atoms with Gasteiger partial charge in [0.05, 0.1) is 6.10 Å². The van der Waals surface area contributed by atoms with E-state index in [0.717, 1.165) is 17.3 Å². The van der Waals surface area contributed by atoms with Gasteiger partial charge in [0.2, 0.25) is 0 Å². The van der Waals surface area contributed by atoms with E-state index in [4.69, 9.17) is 9.47 Å². The molecular weight excluding hydrogens is 231 g/mol. The summed E-state index contributed by atoms with van der Waals surface area (Å²) in [6.45, 7) is 0. The maximum absolute atomic E-state index is 5.43. The number of rotatable bonds is 2. The van der Waals surface area contributed by atoms with Crippen LogP contribution < -0.4 is 0 Å². The molecule has 1 heterocycles. The van der Waals surface area contributed by atoms with E-state index in [1.165, 1.54) is 0 Å². The van der Waals surface area contributed by atoms with E-state index in [2.05, 4.69) is 22.6 Å². The summed E-state index contributed by atoms with van der Waals surface area (Å²) in [5.74, 6) is 0. The van der Waals surface area contributed by atoms with Crippen LogP contribution in [0.1, 0.15) is 12.8 Å². The molecule has 1 unspecified atom stereocenters. The Balaban J connectivity index is 2.20. The normalized spacial score (nSPS) is 35.3. The van der Waals surface area contributed by atoms with Crippen LogP contribution in [0.4, 0.5) is 0 Å². The fraction of sp³-hybridized carbons (Fsp3) is 1.00. The van der Waals surface area contributed by atoms with Gasteiger partial charge in [0, 0.05) is 18.0 Å². The highest BCUT2D eigenvalue weighted by Gasteiger charge is 2.23. The molecule has 0 saturated carbocycles. The first-order valence-corrected chi connectivity index (χ1v) is 4.63. The Hall–Kier alpha value is 0.650.